The van der Waals surface area contributed by atoms with Crippen molar-refractivity contribution in [1.82, 2.24) is 0 Å². The van der Waals surface area contributed by atoms with Crippen molar-refractivity contribution >= 4 is 5.97 Å². The normalized spacial score (nSPS) is 40.7. The van der Waals surface area contributed by atoms with Crippen LogP contribution in [0.15, 0.2) is 0 Å². The summed E-state index contributed by atoms with van der Waals surface area (Å²) in [6.07, 6.45) is 1.25. The molecule has 0 radical (unpaired) electrons. The molecule has 2 saturated heterocycles. The van der Waals surface area contributed by atoms with Crippen LogP contribution in [0.2, 0.25) is 0 Å². The minimum absolute atomic E-state index is 0.103. The number of ether oxygens (including phenoxy) is 2. The molecule has 3 heteroatoms. The number of carbonyl (C=O) groups excluding carboxylic acids is 1. The van der Waals surface area contributed by atoms with Crippen molar-refractivity contribution in [2.75, 3.05) is 6.61 Å². The second kappa shape index (κ2) is 1.70. The van der Waals surface area contributed by atoms with Crippen molar-refractivity contribution in [3.63, 3.8) is 0 Å². The lowest BCUT2D eigenvalue weighted by atomic mass is 10.0. The van der Waals surface area contributed by atoms with Crippen LogP contribution < -0.4 is 0 Å². The monoisotopic (exact) mass is 128 g/mol. The molecule has 0 saturated carbocycles. The first kappa shape index (κ1) is 5.23. The van der Waals surface area contributed by atoms with Crippen molar-refractivity contribution in [2.45, 2.75) is 19.1 Å². The second-order valence-electron chi connectivity index (χ2n) is 2.56. The van der Waals surface area contributed by atoms with Crippen LogP contribution in [0, 0.1) is 5.92 Å². The van der Waals surface area contributed by atoms with Gasteiger partial charge in [0.1, 0.15) is 0 Å². The van der Waals surface area contributed by atoms with Gasteiger partial charge in [-0.25, -0.2) is 0 Å². The molecular formula is C6H8O3. The summed E-state index contributed by atoms with van der Waals surface area (Å²) < 4.78 is 9.92. The van der Waals surface area contributed by atoms with Crippen molar-refractivity contribution in [1.29, 1.82) is 0 Å². The fourth-order valence-electron chi connectivity index (χ4n) is 1.31. The highest BCUT2D eigenvalue weighted by atomic mass is 16.7. The van der Waals surface area contributed by atoms with E-state index in [-0.39, 0.29) is 12.3 Å². The van der Waals surface area contributed by atoms with E-state index >= 15 is 0 Å². The molecule has 0 amide bonds. The van der Waals surface area contributed by atoms with Gasteiger partial charge in [-0.1, -0.05) is 0 Å². The fraction of sp³-hybridized carbons (Fsp3) is 0.833. The summed E-state index contributed by atoms with van der Waals surface area (Å²) in [4.78, 5) is 10.6. The van der Waals surface area contributed by atoms with Gasteiger partial charge in [0.05, 0.1) is 13.0 Å². The molecule has 0 aromatic carbocycles. The van der Waals surface area contributed by atoms with Crippen LogP contribution in [0.5, 0.6) is 0 Å². The maximum Gasteiger partial charge on any atom is 0.308 e. The van der Waals surface area contributed by atoms with Gasteiger partial charge in [0.15, 0.2) is 0 Å². The van der Waals surface area contributed by atoms with Gasteiger partial charge in [-0.3, -0.25) is 4.79 Å². The van der Waals surface area contributed by atoms with Crippen LogP contribution >= 0.6 is 0 Å². The van der Waals surface area contributed by atoms with Crippen molar-refractivity contribution in [2.24, 2.45) is 5.92 Å². The van der Waals surface area contributed by atoms with E-state index < -0.39 is 0 Å². The molecule has 2 fully saturated rings. The Morgan fingerprint density at radius 2 is 2.44 bits per heavy atom. The van der Waals surface area contributed by atoms with Crippen LogP contribution in [-0.4, -0.2) is 18.9 Å². The van der Waals surface area contributed by atoms with E-state index in [0.29, 0.717) is 18.9 Å². The lowest BCUT2D eigenvalue weighted by Gasteiger charge is -2.15. The average molecular weight is 128 g/mol. The van der Waals surface area contributed by atoms with E-state index in [1.807, 2.05) is 0 Å². The number of hydrogen-bond donors (Lipinski definition) is 0. The quantitative estimate of drug-likeness (QED) is 0.440. The van der Waals surface area contributed by atoms with Crippen LogP contribution in [0.1, 0.15) is 12.8 Å². The highest BCUT2D eigenvalue weighted by molar-refractivity contribution is 5.70. The molecule has 2 unspecified atom stereocenters. The van der Waals surface area contributed by atoms with Crippen LogP contribution in [-0.2, 0) is 14.3 Å². The van der Waals surface area contributed by atoms with Gasteiger partial charge in [0.2, 0.25) is 6.29 Å². The minimum atomic E-state index is -0.212. The Morgan fingerprint density at radius 3 is 3.22 bits per heavy atom. The Morgan fingerprint density at radius 1 is 1.56 bits per heavy atom. The fourth-order valence-corrected chi connectivity index (χ4v) is 1.31. The Kier molecular flexibility index (Phi) is 0.990. The summed E-state index contributed by atoms with van der Waals surface area (Å²) in [5.74, 6) is 0.338. The number of carbonyl (C=O) groups is 1. The number of esters is 1. The van der Waals surface area contributed by atoms with Crippen molar-refractivity contribution in [3.05, 3.63) is 0 Å². The van der Waals surface area contributed by atoms with Gasteiger partial charge in [-0.15, -0.1) is 0 Å². The molecule has 2 aliphatic rings. The molecule has 0 aromatic heterocycles. The van der Waals surface area contributed by atoms with Gasteiger partial charge < -0.3 is 9.47 Å². The lowest BCUT2D eigenvalue weighted by molar-refractivity contribution is -0.170. The molecule has 2 heterocycles. The smallest absolute Gasteiger partial charge is 0.308 e. The standard InChI is InChI=1S/C6H8O3/c7-5-1-4-2-6(9-5)8-3-4/h4,6H,1-3H2. The average Bonchev–Trinajstić information content (AvgIpc) is 2.11. The summed E-state index contributed by atoms with van der Waals surface area (Å²) in [5, 5.41) is 0. The van der Waals surface area contributed by atoms with Crippen molar-refractivity contribution < 1.29 is 14.3 Å². The topological polar surface area (TPSA) is 35.5 Å². The third-order valence-corrected chi connectivity index (χ3v) is 1.76. The summed E-state index contributed by atoms with van der Waals surface area (Å²) in [6, 6.07) is 0. The molecule has 0 spiro atoms. The molecule has 0 aromatic rings. The number of fused-ring (bicyclic) bond motifs is 2. The van der Waals surface area contributed by atoms with Crippen molar-refractivity contribution in [3.8, 4) is 0 Å². The van der Waals surface area contributed by atoms with Gasteiger partial charge in [0, 0.05) is 6.42 Å². The Bertz CT molecular complexity index is 129. The zero-order valence-electron chi connectivity index (χ0n) is 5.00. The van der Waals surface area contributed by atoms with Crippen LogP contribution in [0.25, 0.3) is 0 Å². The Hall–Kier alpha value is -0.570. The van der Waals surface area contributed by atoms with E-state index in [0.717, 1.165) is 6.42 Å². The molecule has 2 atom stereocenters. The molecule has 2 aliphatic heterocycles. The largest absolute Gasteiger partial charge is 0.436 e. The first-order valence-electron chi connectivity index (χ1n) is 3.15. The Balaban J connectivity index is 2.11. The lowest BCUT2D eigenvalue weighted by Crippen LogP contribution is -2.22. The SMILES string of the molecule is O=C1CC2COC(C2)O1. The zero-order valence-corrected chi connectivity index (χ0v) is 5.00. The van der Waals surface area contributed by atoms with E-state index in [4.69, 9.17) is 9.47 Å². The molecule has 50 valence electrons. The van der Waals surface area contributed by atoms with Crippen LogP contribution in [0.4, 0.5) is 0 Å². The number of hydrogen-bond acceptors (Lipinski definition) is 3. The minimum Gasteiger partial charge on any atom is -0.436 e. The van der Waals surface area contributed by atoms with E-state index in [1.165, 1.54) is 0 Å². The van der Waals surface area contributed by atoms with Gasteiger partial charge in [-0.05, 0) is 5.92 Å². The third kappa shape index (κ3) is 0.812. The van der Waals surface area contributed by atoms with Crippen LogP contribution in [0.3, 0.4) is 0 Å². The predicted octanol–water partition coefficient (Wildman–Crippen LogP) is 0.296. The summed E-state index contributed by atoms with van der Waals surface area (Å²) >= 11 is 0. The molecular weight excluding hydrogens is 120 g/mol. The number of rotatable bonds is 0. The molecule has 0 N–H and O–H groups in total. The molecule has 2 rings (SSSR count). The zero-order chi connectivity index (χ0) is 6.27. The first-order chi connectivity index (χ1) is 4.34. The first-order valence-corrected chi connectivity index (χ1v) is 3.15. The van der Waals surface area contributed by atoms with E-state index in [2.05, 4.69) is 0 Å². The van der Waals surface area contributed by atoms with Gasteiger partial charge in [-0.2, -0.15) is 0 Å². The third-order valence-electron chi connectivity index (χ3n) is 1.76. The highest BCUT2D eigenvalue weighted by Crippen LogP contribution is 2.28. The molecule has 2 bridgehead atoms. The summed E-state index contributed by atoms with van der Waals surface area (Å²) in [7, 11) is 0. The summed E-state index contributed by atoms with van der Waals surface area (Å²) in [6.45, 7) is 0.705. The van der Waals surface area contributed by atoms with Gasteiger partial charge in [0.25, 0.3) is 0 Å². The van der Waals surface area contributed by atoms with E-state index in [1.54, 1.807) is 0 Å². The maximum atomic E-state index is 10.6. The highest BCUT2D eigenvalue weighted by Gasteiger charge is 2.35. The van der Waals surface area contributed by atoms with E-state index in [9.17, 15) is 4.79 Å². The summed E-state index contributed by atoms with van der Waals surface area (Å²) in [5.41, 5.74) is 0. The van der Waals surface area contributed by atoms with Gasteiger partial charge >= 0.3 is 5.97 Å². The maximum absolute atomic E-state index is 10.6. The Labute approximate surface area is 52.9 Å². The predicted molar refractivity (Wildman–Crippen MR) is 28.6 cm³/mol. The molecule has 9 heavy (non-hydrogen) atoms. The molecule has 0 aliphatic carbocycles. The molecule has 3 nitrogen and oxygen atoms in total. The second-order valence-corrected chi connectivity index (χ2v) is 2.56.